The minimum atomic E-state index is -3.78. The van der Waals surface area contributed by atoms with E-state index in [0.29, 0.717) is 17.3 Å². The third-order valence-electron chi connectivity index (χ3n) is 3.28. The van der Waals surface area contributed by atoms with Gasteiger partial charge in [-0.2, -0.15) is 16.5 Å². The molecule has 1 atom stereocenters. The van der Waals surface area contributed by atoms with E-state index in [4.69, 9.17) is 0 Å². The van der Waals surface area contributed by atoms with Gasteiger partial charge >= 0.3 is 0 Å². The molecule has 0 saturated carbocycles. The number of aryl methyl sites for hydroxylation is 1. The van der Waals surface area contributed by atoms with Crippen LogP contribution in [0.5, 0.6) is 0 Å². The number of hydrogen-bond acceptors (Lipinski definition) is 7. The standard InChI is InChI=1S/C15H20N4O3S3/c1-3-13-17-18-15(24-13)16-14(20)12(9-10-23-2)19-25(21,22)11-7-5-4-6-8-11/h4-8,12,19H,3,9-10H2,1-2H3,(H,16,18,20). The van der Waals surface area contributed by atoms with E-state index in [9.17, 15) is 13.2 Å². The molecular weight excluding hydrogens is 380 g/mol. The summed E-state index contributed by atoms with van der Waals surface area (Å²) in [5, 5.41) is 11.7. The summed E-state index contributed by atoms with van der Waals surface area (Å²) >= 11 is 2.82. The van der Waals surface area contributed by atoms with Crippen LogP contribution < -0.4 is 10.0 Å². The molecule has 0 fully saturated rings. The maximum absolute atomic E-state index is 12.5. The SMILES string of the molecule is CCc1nnc(NC(=O)C(CCSC)NS(=O)(=O)c2ccccc2)s1. The Morgan fingerprint density at radius 2 is 2.00 bits per heavy atom. The second-order valence-electron chi connectivity index (χ2n) is 5.11. The second kappa shape index (κ2) is 9.27. The molecule has 0 radical (unpaired) electrons. The van der Waals surface area contributed by atoms with Crippen molar-refractivity contribution in [2.24, 2.45) is 0 Å². The van der Waals surface area contributed by atoms with E-state index >= 15 is 0 Å². The fraction of sp³-hybridized carbons (Fsp3) is 0.400. The fourth-order valence-electron chi connectivity index (χ4n) is 1.97. The molecule has 0 bridgehead atoms. The minimum absolute atomic E-state index is 0.126. The lowest BCUT2D eigenvalue weighted by Crippen LogP contribution is -2.44. The molecule has 1 amide bonds. The van der Waals surface area contributed by atoms with Crippen LogP contribution in [-0.4, -0.2) is 42.6 Å². The number of thioether (sulfide) groups is 1. The zero-order valence-corrected chi connectivity index (χ0v) is 16.4. The number of nitrogens with zero attached hydrogens (tertiary/aromatic N) is 2. The molecule has 2 aromatic rings. The molecule has 2 rings (SSSR count). The number of aromatic nitrogens is 2. The van der Waals surface area contributed by atoms with Gasteiger partial charge in [0.1, 0.15) is 11.0 Å². The highest BCUT2D eigenvalue weighted by atomic mass is 32.2. The maximum atomic E-state index is 12.5. The van der Waals surface area contributed by atoms with Gasteiger partial charge in [0, 0.05) is 0 Å². The van der Waals surface area contributed by atoms with E-state index in [1.54, 1.807) is 30.0 Å². The van der Waals surface area contributed by atoms with Gasteiger partial charge in [-0.25, -0.2) is 8.42 Å². The number of nitrogens with one attached hydrogen (secondary N) is 2. The van der Waals surface area contributed by atoms with E-state index in [2.05, 4.69) is 20.2 Å². The van der Waals surface area contributed by atoms with Gasteiger partial charge in [0.05, 0.1) is 4.90 Å². The lowest BCUT2D eigenvalue weighted by molar-refractivity contribution is -0.117. The van der Waals surface area contributed by atoms with Crippen LogP contribution in [-0.2, 0) is 21.2 Å². The number of carbonyl (C=O) groups excluding carboxylic acids is 1. The molecule has 1 heterocycles. The molecule has 10 heteroatoms. The first-order chi connectivity index (χ1) is 12.0. The zero-order chi connectivity index (χ0) is 18.3. The molecule has 0 aliphatic heterocycles. The molecule has 0 aliphatic rings. The normalized spacial score (nSPS) is 12.7. The van der Waals surface area contributed by atoms with Gasteiger partial charge in [-0.3, -0.25) is 10.1 Å². The van der Waals surface area contributed by atoms with E-state index in [1.165, 1.54) is 23.5 Å². The highest BCUT2D eigenvalue weighted by Crippen LogP contribution is 2.17. The number of anilines is 1. The predicted octanol–water partition coefficient (Wildman–Crippen LogP) is 2.14. The van der Waals surface area contributed by atoms with E-state index in [-0.39, 0.29) is 4.90 Å². The number of sulfonamides is 1. The molecule has 0 aliphatic carbocycles. The van der Waals surface area contributed by atoms with Crippen LogP contribution in [0.1, 0.15) is 18.4 Å². The van der Waals surface area contributed by atoms with Gasteiger partial charge in [-0.1, -0.05) is 36.5 Å². The van der Waals surface area contributed by atoms with Crippen molar-refractivity contribution in [1.82, 2.24) is 14.9 Å². The van der Waals surface area contributed by atoms with Gasteiger partial charge in [0.15, 0.2) is 0 Å². The Bertz CT molecular complexity index is 793. The predicted molar refractivity (Wildman–Crippen MR) is 101 cm³/mol. The van der Waals surface area contributed by atoms with Gasteiger partial charge in [0.2, 0.25) is 21.1 Å². The van der Waals surface area contributed by atoms with Crippen molar-refractivity contribution in [3.8, 4) is 0 Å². The number of rotatable bonds is 9. The van der Waals surface area contributed by atoms with Gasteiger partial charge in [-0.05, 0) is 37.0 Å². The van der Waals surface area contributed by atoms with E-state index < -0.39 is 22.0 Å². The Morgan fingerprint density at radius 1 is 1.28 bits per heavy atom. The van der Waals surface area contributed by atoms with Crippen LogP contribution in [0.2, 0.25) is 0 Å². The number of hydrogen-bond donors (Lipinski definition) is 2. The number of amides is 1. The molecule has 1 aromatic carbocycles. The molecule has 2 N–H and O–H groups in total. The zero-order valence-electron chi connectivity index (χ0n) is 13.9. The molecule has 7 nitrogen and oxygen atoms in total. The maximum Gasteiger partial charge on any atom is 0.244 e. The third-order valence-corrected chi connectivity index (χ3v) is 6.39. The van der Waals surface area contributed by atoms with Crippen molar-refractivity contribution in [2.75, 3.05) is 17.3 Å². The highest BCUT2D eigenvalue weighted by molar-refractivity contribution is 7.98. The molecule has 25 heavy (non-hydrogen) atoms. The van der Waals surface area contributed by atoms with Gasteiger partial charge in [0.25, 0.3) is 0 Å². The fourth-order valence-corrected chi connectivity index (χ4v) is 4.38. The van der Waals surface area contributed by atoms with Crippen LogP contribution in [0.3, 0.4) is 0 Å². The summed E-state index contributed by atoms with van der Waals surface area (Å²) in [6.45, 7) is 1.95. The quantitative estimate of drug-likeness (QED) is 0.669. The Hall–Kier alpha value is -1.49. The van der Waals surface area contributed by atoms with Gasteiger partial charge in [-0.15, -0.1) is 10.2 Å². The van der Waals surface area contributed by atoms with Crippen molar-refractivity contribution < 1.29 is 13.2 Å². The summed E-state index contributed by atoms with van der Waals surface area (Å²) in [4.78, 5) is 12.6. The van der Waals surface area contributed by atoms with Crippen LogP contribution in [0.4, 0.5) is 5.13 Å². The average Bonchev–Trinajstić information content (AvgIpc) is 3.06. The van der Waals surface area contributed by atoms with Crippen molar-refractivity contribution in [3.05, 3.63) is 35.3 Å². The largest absolute Gasteiger partial charge is 0.299 e. The van der Waals surface area contributed by atoms with Crippen molar-refractivity contribution >= 4 is 44.2 Å². The van der Waals surface area contributed by atoms with E-state index in [0.717, 1.165) is 11.4 Å². The van der Waals surface area contributed by atoms with Gasteiger partial charge < -0.3 is 0 Å². The molecule has 0 saturated heterocycles. The average molecular weight is 401 g/mol. The van der Waals surface area contributed by atoms with E-state index in [1.807, 2.05) is 13.2 Å². The summed E-state index contributed by atoms with van der Waals surface area (Å²) in [6.07, 6.45) is 3.00. The first-order valence-corrected chi connectivity index (χ1v) is 11.3. The summed E-state index contributed by atoms with van der Waals surface area (Å²) in [5.74, 6) is 0.207. The smallest absolute Gasteiger partial charge is 0.244 e. The second-order valence-corrected chi connectivity index (χ2v) is 8.87. The summed E-state index contributed by atoms with van der Waals surface area (Å²) in [5.41, 5.74) is 0. The Balaban J connectivity index is 2.13. The molecule has 136 valence electrons. The number of benzene rings is 1. The Kier molecular flexibility index (Phi) is 7.36. The summed E-state index contributed by atoms with van der Waals surface area (Å²) < 4.78 is 27.5. The Morgan fingerprint density at radius 3 is 2.60 bits per heavy atom. The first-order valence-electron chi connectivity index (χ1n) is 7.66. The van der Waals surface area contributed by atoms with Crippen LogP contribution in [0.15, 0.2) is 35.2 Å². The van der Waals surface area contributed by atoms with Crippen molar-refractivity contribution in [1.29, 1.82) is 0 Å². The first kappa shape index (κ1) is 19.8. The minimum Gasteiger partial charge on any atom is -0.299 e. The Labute approximate surface area is 155 Å². The van der Waals surface area contributed by atoms with Crippen LogP contribution >= 0.6 is 23.1 Å². The van der Waals surface area contributed by atoms with Crippen LogP contribution in [0.25, 0.3) is 0 Å². The molecule has 0 spiro atoms. The van der Waals surface area contributed by atoms with Crippen molar-refractivity contribution in [3.63, 3.8) is 0 Å². The molecule has 1 unspecified atom stereocenters. The molecular formula is C15H20N4O3S3. The third kappa shape index (κ3) is 5.77. The monoisotopic (exact) mass is 400 g/mol. The highest BCUT2D eigenvalue weighted by Gasteiger charge is 2.26. The lowest BCUT2D eigenvalue weighted by Gasteiger charge is -2.17. The van der Waals surface area contributed by atoms with Crippen LogP contribution in [0, 0.1) is 0 Å². The van der Waals surface area contributed by atoms with Crippen molar-refractivity contribution in [2.45, 2.75) is 30.7 Å². The topological polar surface area (TPSA) is 101 Å². The summed E-state index contributed by atoms with van der Waals surface area (Å²) in [6, 6.07) is 7.11. The number of carbonyl (C=O) groups is 1. The molecule has 1 aromatic heterocycles. The summed E-state index contributed by atoms with van der Waals surface area (Å²) in [7, 11) is -3.78. The lowest BCUT2D eigenvalue weighted by atomic mass is 10.2.